The number of carbonyl (C=O) groups excluding carboxylic acids is 1. The lowest BCUT2D eigenvalue weighted by molar-refractivity contribution is 0.0920. The average Bonchev–Trinajstić information content (AvgIpc) is 2.35. The van der Waals surface area contributed by atoms with E-state index in [-0.39, 0.29) is 18.0 Å². The van der Waals surface area contributed by atoms with E-state index < -0.39 is 0 Å². The molecule has 0 aromatic heterocycles. The molecule has 1 saturated carbocycles. The number of nitrogens with one attached hydrogen (secondary N) is 1. The van der Waals surface area contributed by atoms with E-state index in [0.717, 1.165) is 34.9 Å². The van der Waals surface area contributed by atoms with E-state index in [2.05, 4.69) is 21.2 Å². The van der Waals surface area contributed by atoms with Gasteiger partial charge >= 0.3 is 0 Å². The van der Waals surface area contributed by atoms with Crippen molar-refractivity contribution in [2.45, 2.75) is 44.7 Å². The van der Waals surface area contributed by atoms with Gasteiger partial charge in [-0.15, -0.1) is 0 Å². The first-order valence-corrected chi connectivity index (χ1v) is 7.20. The smallest absolute Gasteiger partial charge is 0.251 e. The molecule has 0 saturated heterocycles. The molecule has 1 aliphatic carbocycles. The van der Waals surface area contributed by atoms with Crippen LogP contribution in [0.1, 0.15) is 41.6 Å². The van der Waals surface area contributed by atoms with Gasteiger partial charge in [-0.05, 0) is 37.5 Å². The number of halogens is 1. The molecular formula is C14H19BrN2O. The van der Waals surface area contributed by atoms with Crippen LogP contribution in [-0.4, -0.2) is 18.0 Å². The molecule has 2 rings (SSSR count). The van der Waals surface area contributed by atoms with E-state index >= 15 is 0 Å². The molecule has 0 bridgehead atoms. The van der Waals surface area contributed by atoms with Gasteiger partial charge in [-0.25, -0.2) is 0 Å². The van der Waals surface area contributed by atoms with Gasteiger partial charge < -0.3 is 11.1 Å². The largest absolute Gasteiger partial charge is 0.348 e. The van der Waals surface area contributed by atoms with Crippen molar-refractivity contribution in [1.82, 2.24) is 5.32 Å². The highest BCUT2D eigenvalue weighted by Crippen LogP contribution is 2.19. The number of rotatable bonds is 2. The van der Waals surface area contributed by atoms with Gasteiger partial charge in [0.15, 0.2) is 0 Å². The first-order chi connectivity index (χ1) is 8.58. The number of aryl methyl sites for hydroxylation is 1. The topological polar surface area (TPSA) is 55.1 Å². The Labute approximate surface area is 116 Å². The Morgan fingerprint density at radius 3 is 2.83 bits per heavy atom. The Balaban J connectivity index is 2.09. The summed E-state index contributed by atoms with van der Waals surface area (Å²) in [6.07, 6.45) is 4.31. The minimum Gasteiger partial charge on any atom is -0.348 e. The van der Waals surface area contributed by atoms with Crippen molar-refractivity contribution >= 4 is 21.8 Å². The third-order valence-electron chi connectivity index (χ3n) is 3.58. The van der Waals surface area contributed by atoms with Crippen LogP contribution < -0.4 is 11.1 Å². The molecular weight excluding hydrogens is 292 g/mol. The number of nitrogens with two attached hydrogens (primary N) is 1. The maximum absolute atomic E-state index is 12.2. The fraction of sp³-hybridized carbons (Fsp3) is 0.500. The summed E-state index contributed by atoms with van der Waals surface area (Å²) in [7, 11) is 0. The van der Waals surface area contributed by atoms with Crippen LogP contribution in [0.5, 0.6) is 0 Å². The van der Waals surface area contributed by atoms with Crippen molar-refractivity contribution in [3.8, 4) is 0 Å². The zero-order chi connectivity index (χ0) is 13.1. The standard InChI is InChI=1S/C14H19BrN2O/c1-9-6-7-10(15)8-11(9)14(18)17-13-5-3-2-4-12(13)16/h6-8,12-13H,2-5,16H2,1H3,(H,17,18). The minimum atomic E-state index is -0.0175. The zero-order valence-corrected chi connectivity index (χ0v) is 12.2. The van der Waals surface area contributed by atoms with Crippen molar-refractivity contribution in [3.05, 3.63) is 33.8 Å². The van der Waals surface area contributed by atoms with Crippen LogP contribution in [0.25, 0.3) is 0 Å². The highest BCUT2D eigenvalue weighted by atomic mass is 79.9. The number of amides is 1. The van der Waals surface area contributed by atoms with Gasteiger partial charge in [-0.1, -0.05) is 34.8 Å². The summed E-state index contributed by atoms with van der Waals surface area (Å²) in [6.45, 7) is 1.95. The third kappa shape index (κ3) is 3.12. The van der Waals surface area contributed by atoms with E-state index in [0.29, 0.717) is 0 Å². The highest BCUT2D eigenvalue weighted by molar-refractivity contribution is 9.10. The van der Waals surface area contributed by atoms with Gasteiger partial charge in [0.1, 0.15) is 0 Å². The molecule has 1 aromatic rings. The van der Waals surface area contributed by atoms with E-state index in [4.69, 9.17) is 5.73 Å². The second-order valence-corrected chi connectivity index (χ2v) is 5.90. The molecule has 0 aliphatic heterocycles. The first-order valence-electron chi connectivity index (χ1n) is 6.40. The molecule has 2 unspecified atom stereocenters. The molecule has 0 radical (unpaired) electrons. The Hall–Kier alpha value is -0.870. The first kappa shape index (κ1) is 13.6. The summed E-state index contributed by atoms with van der Waals surface area (Å²) < 4.78 is 0.922. The fourth-order valence-corrected chi connectivity index (χ4v) is 2.78. The van der Waals surface area contributed by atoms with Crippen molar-refractivity contribution in [2.24, 2.45) is 5.73 Å². The Morgan fingerprint density at radius 2 is 2.11 bits per heavy atom. The van der Waals surface area contributed by atoms with Gasteiger partial charge in [-0.2, -0.15) is 0 Å². The van der Waals surface area contributed by atoms with E-state index in [1.54, 1.807) is 0 Å². The Bertz CT molecular complexity index is 447. The Morgan fingerprint density at radius 1 is 1.39 bits per heavy atom. The predicted octanol–water partition coefficient (Wildman–Crippen LogP) is 2.76. The molecule has 98 valence electrons. The van der Waals surface area contributed by atoms with Crippen molar-refractivity contribution in [3.63, 3.8) is 0 Å². The van der Waals surface area contributed by atoms with Gasteiger partial charge in [0.25, 0.3) is 5.91 Å². The van der Waals surface area contributed by atoms with Crippen LogP contribution in [0.15, 0.2) is 22.7 Å². The zero-order valence-electron chi connectivity index (χ0n) is 10.6. The number of benzene rings is 1. The maximum atomic E-state index is 12.2. The lowest BCUT2D eigenvalue weighted by atomic mass is 9.90. The normalized spacial score (nSPS) is 23.7. The monoisotopic (exact) mass is 310 g/mol. The lowest BCUT2D eigenvalue weighted by Crippen LogP contribution is -2.49. The second kappa shape index (κ2) is 5.85. The van der Waals surface area contributed by atoms with Crippen LogP contribution in [0.2, 0.25) is 0 Å². The van der Waals surface area contributed by atoms with Gasteiger partial charge in [-0.3, -0.25) is 4.79 Å². The Kier molecular flexibility index (Phi) is 4.40. The van der Waals surface area contributed by atoms with Crippen LogP contribution in [0, 0.1) is 6.92 Å². The third-order valence-corrected chi connectivity index (χ3v) is 4.07. The molecule has 0 heterocycles. The number of hydrogen-bond donors (Lipinski definition) is 2. The fourth-order valence-electron chi connectivity index (χ4n) is 2.42. The second-order valence-electron chi connectivity index (χ2n) is 4.99. The number of hydrogen-bond acceptors (Lipinski definition) is 2. The molecule has 3 N–H and O–H groups in total. The van der Waals surface area contributed by atoms with E-state index in [9.17, 15) is 4.79 Å². The molecule has 0 spiro atoms. The number of carbonyl (C=O) groups is 1. The lowest BCUT2D eigenvalue weighted by Gasteiger charge is -2.29. The van der Waals surface area contributed by atoms with Gasteiger partial charge in [0.2, 0.25) is 0 Å². The van der Waals surface area contributed by atoms with E-state index in [1.165, 1.54) is 6.42 Å². The molecule has 1 aromatic carbocycles. The van der Waals surface area contributed by atoms with E-state index in [1.807, 2.05) is 25.1 Å². The summed E-state index contributed by atoms with van der Waals surface area (Å²) in [4.78, 5) is 12.2. The van der Waals surface area contributed by atoms with Crippen molar-refractivity contribution in [2.75, 3.05) is 0 Å². The molecule has 3 nitrogen and oxygen atoms in total. The van der Waals surface area contributed by atoms with Crippen molar-refractivity contribution in [1.29, 1.82) is 0 Å². The SMILES string of the molecule is Cc1ccc(Br)cc1C(=O)NC1CCCCC1N. The summed E-state index contributed by atoms with van der Waals surface area (Å²) in [5.41, 5.74) is 7.76. The molecule has 1 fully saturated rings. The summed E-state index contributed by atoms with van der Waals surface area (Å²) in [5.74, 6) is -0.0175. The van der Waals surface area contributed by atoms with Gasteiger partial charge in [0.05, 0.1) is 0 Å². The maximum Gasteiger partial charge on any atom is 0.251 e. The molecule has 1 aliphatic rings. The summed E-state index contributed by atoms with van der Waals surface area (Å²) >= 11 is 3.40. The average molecular weight is 311 g/mol. The molecule has 1 amide bonds. The van der Waals surface area contributed by atoms with Crippen LogP contribution >= 0.6 is 15.9 Å². The molecule has 2 atom stereocenters. The molecule has 18 heavy (non-hydrogen) atoms. The predicted molar refractivity (Wildman–Crippen MR) is 76.6 cm³/mol. The summed E-state index contributed by atoms with van der Waals surface area (Å²) in [6, 6.07) is 5.96. The van der Waals surface area contributed by atoms with Gasteiger partial charge in [0, 0.05) is 22.1 Å². The quantitative estimate of drug-likeness (QED) is 0.882. The van der Waals surface area contributed by atoms with Crippen molar-refractivity contribution < 1.29 is 4.79 Å². The molecule has 4 heteroatoms. The van der Waals surface area contributed by atoms with Crippen LogP contribution in [0.4, 0.5) is 0 Å². The highest BCUT2D eigenvalue weighted by Gasteiger charge is 2.24. The summed E-state index contributed by atoms with van der Waals surface area (Å²) in [5, 5.41) is 3.07. The van der Waals surface area contributed by atoms with Crippen LogP contribution in [0.3, 0.4) is 0 Å². The van der Waals surface area contributed by atoms with Crippen LogP contribution in [-0.2, 0) is 0 Å². The minimum absolute atomic E-state index is 0.0175.